The van der Waals surface area contributed by atoms with E-state index in [1.54, 1.807) is 0 Å². The summed E-state index contributed by atoms with van der Waals surface area (Å²) in [5.74, 6) is -0.950. The Morgan fingerprint density at radius 1 is 1.11 bits per heavy atom. The molecule has 0 amide bonds. The average Bonchev–Trinajstić information content (AvgIpc) is 2.24. The van der Waals surface area contributed by atoms with Crippen molar-refractivity contribution in [2.24, 2.45) is 11.1 Å². The lowest BCUT2D eigenvalue weighted by atomic mass is 9.89. The van der Waals surface area contributed by atoms with Gasteiger partial charge in [0.05, 0.1) is 33.0 Å². The predicted octanol–water partition coefficient (Wildman–Crippen LogP) is 0.494. The Kier molecular flexibility index (Phi) is 8.91. The standard InChI is InChI=1S/C12H25NO5/c1-12(2,3)10(11(14)15)18-9-8-17-7-6-16-5-4-13/h10H,4-9,13H2,1-3H3,(H,14,15). The molecule has 0 heterocycles. The van der Waals surface area contributed by atoms with Crippen LogP contribution in [-0.4, -0.2) is 56.8 Å². The second-order valence-corrected chi connectivity index (χ2v) is 4.97. The molecule has 0 aromatic carbocycles. The minimum atomic E-state index is -0.950. The van der Waals surface area contributed by atoms with Crippen LogP contribution in [0, 0.1) is 5.41 Å². The Balaban J connectivity index is 3.60. The highest BCUT2D eigenvalue weighted by molar-refractivity contribution is 5.73. The van der Waals surface area contributed by atoms with Gasteiger partial charge in [-0.1, -0.05) is 20.8 Å². The third kappa shape index (κ3) is 8.41. The van der Waals surface area contributed by atoms with Gasteiger partial charge in [0, 0.05) is 6.54 Å². The van der Waals surface area contributed by atoms with Crippen LogP contribution in [0.5, 0.6) is 0 Å². The van der Waals surface area contributed by atoms with Gasteiger partial charge in [-0.05, 0) is 5.41 Å². The van der Waals surface area contributed by atoms with Gasteiger partial charge in [-0.2, -0.15) is 0 Å². The molecule has 0 aliphatic heterocycles. The van der Waals surface area contributed by atoms with Crippen LogP contribution in [0.25, 0.3) is 0 Å². The van der Waals surface area contributed by atoms with Crippen molar-refractivity contribution in [1.29, 1.82) is 0 Å². The zero-order valence-corrected chi connectivity index (χ0v) is 11.5. The summed E-state index contributed by atoms with van der Waals surface area (Å²) in [6.45, 7) is 8.04. The Morgan fingerprint density at radius 2 is 1.61 bits per heavy atom. The van der Waals surface area contributed by atoms with E-state index in [-0.39, 0.29) is 6.61 Å². The van der Waals surface area contributed by atoms with E-state index >= 15 is 0 Å². The molecule has 108 valence electrons. The first-order valence-electron chi connectivity index (χ1n) is 6.09. The molecular formula is C12H25NO5. The van der Waals surface area contributed by atoms with E-state index in [0.29, 0.717) is 33.0 Å². The molecule has 6 nitrogen and oxygen atoms in total. The van der Waals surface area contributed by atoms with Crippen molar-refractivity contribution in [1.82, 2.24) is 0 Å². The van der Waals surface area contributed by atoms with Gasteiger partial charge < -0.3 is 25.1 Å². The Morgan fingerprint density at radius 3 is 2.06 bits per heavy atom. The summed E-state index contributed by atoms with van der Waals surface area (Å²) in [7, 11) is 0. The Bertz CT molecular complexity index is 227. The minimum Gasteiger partial charge on any atom is -0.479 e. The zero-order valence-electron chi connectivity index (χ0n) is 11.5. The second-order valence-electron chi connectivity index (χ2n) is 4.97. The van der Waals surface area contributed by atoms with Gasteiger partial charge in [0.15, 0.2) is 6.10 Å². The molecule has 1 atom stereocenters. The van der Waals surface area contributed by atoms with Crippen LogP contribution in [-0.2, 0) is 19.0 Å². The minimum absolute atomic E-state index is 0.255. The van der Waals surface area contributed by atoms with Crippen LogP contribution in [0.2, 0.25) is 0 Å². The fourth-order valence-corrected chi connectivity index (χ4v) is 1.32. The molecule has 0 bridgehead atoms. The summed E-state index contributed by atoms with van der Waals surface area (Å²) in [6.07, 6.45) is -0.824. The van der Waals surface area contributed by atoms with Crippen LogP contribution < -0.4 is 5.73 Å². The number of rotatable bonds is 10. The smallest absolute Gasteiger partial charge is 0.333 e. The van der Waals surface area contributed by atoms with E-state index in [0.717, 1.165) is 0 Å². The summed E-state index contributed by atoms with van der Waals surface area (Å²) < 4.78 is 15.7. The van der Waals surface area contributed by atoms with Gasteiger partial charge >= 0.3 is 5.97 Å². The lowest BCUT2D eigenvalue weighted by Gasteiger charge is -2.26. The summed E-state index contributed by atoms with van der Waals surface area (Å²) in [6, 6.07) is 0. The second kappa shape index (κ2) is 9.27. The van der Waals surface area contributed by atoms with Crippen LogP contribution in [0.1, 0.15) is 20.8 Å². The van der Waals surface area contributed by atoms with Crippen molar-refractivity contribution >= 4 is 5.97 Å². The van der Waals surface area contributed by atoms with Crippen LogP contribution in [0.15, 0.2) is 0 Å². The van der Waals surface area contributed by atoms with Crippen molar-refractivity contribution in [3.8, 4) is 0 Å². The quantitative estimate of drug-likeness (QED) is 0.558. The van der Waals surface area contributed by atoms with Gasteiger partial charge in [-0.15, -0.1) is 0 Å². The molecule has 0 rings (SSSR count). The van der Waals surface area contributed by atoms with Gasteiger partial charge in [-0.3, -0.25) is 0 Å². The molecular weight excluding hydrogens is 238 g/mol. The van der Waals surface area contributed by atoms with E-state index in [1.165, 1.54) is 0 Å². The Hall–Kier alpha value is -0.690. The molecule has 18 heavy (non-hydrogen) atoms. The monoisotopic (exact) mass is 263 g/mol. The topological polar surface area (TPSA) is 91.0 Å². The SMILES string of the molecule is CC(C)(C)C(OCCOCCOCCN)C(=O)O. The Labute approximate surface area is 108 Å². The first-order chi connectivity index (χ1) is 8.39. The number of ether oxygens (including phenoxy) is 3. The molecule has 6 heteroatoms. The lowest BCUT2D eigenvalue weighted by molar-refractivity contribution is -0.159. The maximum Gasteiger partial charge on any atom is 0.333 e. The van der Waals surface area contributed by atoms with Gasteiger partial charge in [-0.25, -0.2) is 4.79 Å². The first-order valence-corrected chi connectivity index (χ1v) is 6.09. The van der Waals surface area contributed by atoms with Gasteiger partial charge in [0.2, 0.25) is 0 Å². The van der Waals surface area contributed by atoms with E-state index in [1.807, 2.05) is 20.8 Å². The highest BCUT2D eigenvalue weighted by Crippen LogP contribution is 2.22. The third-order valence-electron chi connectivity index (χ3n) is 2.16. The van der Waals surface area contributed by atoms with Gasteiger partial charge in [0.25, 0.3) is 0 Å². The number of nitrogens with two attached hydrogens (primary N) is 1. The molecule has 0 aromatic heterocycles. The summed E-state index contributed by atoms with van der Waals surface area (Å²) in [4.78, 5) is 11.0. The molecule has 0 aromatic rings. The van der Waals surface area contributed by atoms with Crippen molar-refractivity contribution in [2.75, 3.05) is 39.6 Å². The molecule has 0 saturated carbocycles. The van der Waals surface area contributed by atoms with Crippen LogP contribution in [0.4, 0.5) is 0 Å². The van der Waals surface area contributed by atoms with Crippen LogP contribution in [0.3, 0.4) is 0 Å². The number of carbonyl (C=O) groups is 1. The molecule has 0 aliphatic rings. The van der Waals surface area contributed by atoms with E-state index in [2.05, 4.69) is 0 Å². The first kappa shape index (κ1) is 17.3. The van der Waals surface area contributed by atoms with E-state index < -0.39 is 17.5 Å². The van der Waals surface area contributed by atoms with Crippen LogP contribution >= 0.6 is 0 Å². The lowest BCUT2D eigenvalue weighted by Crippen LogP contribution is -2.37. The molecule has 0 aliphatic carbocycles. The van der Waals surface area contributed by atoms with Crippen molar-refractivity contribution in [3.05, 3.63) is 0 Å². The molecule has 0 spiro atoms. The summed E-state index contributed by atoms with van der Waals surface area (Å²) in [5.41, 5.74) is 4.82. The maximum atomic E-state index is 11.0. The third-order valence-corrected chi connectivity index (χ3v) is 2.16. The van der Waals surface area contributed by atoms with Crippen molar-refractivity contribution < 1.29 is 24.1 Å². The highest BCUT2D eigenvalue weighted by atomic mass is 16.6. The van der Waals surface area contributed by atoms with Crippen molar-refractivity contribution in [2.45, 2.75) is 26.9 Å². The molecule has 0 radical (unpaired) electrons. The largest absolute Gasteiger partial charge is 0.479 e. The number of hydrogen-bond acceptors (Lipinski definition) is 5. The highest BCUT2D eigenvalue weighted by Gasteiger charge is 2.31. The fraction of sp³-hybridized carbons (Fsp3) is 0.917. The normalized spacial score (nSPS) is 13.6. The molecule has 1 unspecified atom stereocenters. The summed E-state index contributed by atoms with van der Waals surface area (Å²) >= 11 is 0. The van der Waals surface area contributed by atoms with E-state index in [9.17, 15) is 4.79 Å². The predicted molar refractivity (Wildman–Crippen MR) is 67.5 cm³/mol. The zero-order chi connectivity index (χ0) is 14.0. The molecule has 3 N–H and O–H groups in total. The fourth-order valence-electron chi connectivity index (χ4n) is 1.32. The van der Waals surface area contributed by atoms with Crippen molar-refractivity contribution in [3.63, 3.8) is 0 Å². The number of carboxylic acid groups (broad SMARTS) is 1. The molecule has 0 saturated heterocycles. The average molecular weight is 263 g/mol. The number of aliphatic carboxylic acids is 1. The van der Waals surface area contributed by atoms with E-state index in [4.69, 9.17) is 25.1 Å². The number of carboxylic acids is 1. The van der Waals surface area contributed by atoms with Gasteiger partial charge in [0.1, 0.15) is 0 Å². The maximum absolute atomic E-state index is 11.0. The molecule has 0 fully saturated rings. The summed E-state index contributed by atoms with van der Waals surface area (Å²) in [5, 5.41) is 9.01. The number of hydrogen-bond donors (Lipinski definition) is 2.